The van der Waals surface area contributed by atoms with Crippen molar-refractivity contribution in [1.29, 1.82) is 0 Å². The minimum Gasteiger partial charge on any atom is -0.376 e. The molecule has 9 aliphatic rings. The highest BCUT2D eigenvalue weighted by Gasteiger charge is 2.54. The molecule has 2 nitrogen and oxygen atoms in total. The van der Waals surface area contributed by atoms with E-state index in [1.807, 2.05) is 0 Å². The van der Waals surface area contributed by atoms with E-state index in [9.17, 15) is 0 Å². The van der Waals surface area contributed by atoms with Gasteiger partial charge in [-0.3, -0.25) is 0 Å². The Balaban J connectivity index is 1.00. The highest BCUT2D eigenvalue weighted by Crippen LogP contribution is 2.62. The second-order valence-corrected chi connectivity index (χ2v) is 25.9. The van der Waals surface area contributed by atoms with Gasteiger partial charge in [-0.25, -0.2) is 0 Å². The van der Waals surface area contributed by atoms with Crippen LogP contribution in [0, 0.1) is 29.6 Å². The molecular weight excluding hydrogens is 892 g/mol. The van der Waals surface area contributed by atoms with Crippen LogP contribution in [-0.2, 0) is 16.2 Å². The van der Waals surface area contributed by atoms with Gasteiger partial charge >= 0.3 is 6.85 Å². The molecule has 18 rings (SSSR count). The van der Waals surface area contributed by atoms with Crippen molar-refractivity contribution >= 4 is 51.0 Å². The third kappa shape index (κ3) is 5.74. The summed E-state index contributed by atoms with van der Waals surface area (Å²) >= 11 is 0. The van der Waals surface area contributed by atoms with Crippen LogP contribution in [0.4, 0.5) is 11.4 Å². The van der Waals surface area contributed by atoms with Gasteiger partial charge in [-0.05, 0) is 225 Å². The van der Waals surface area contributed by atoms with Crippen molar-refractivity contribution < 1.29 is 0 Å². The van der Waals surface area contributed by atoms with Gasteiger partial charge in [0.1, 0.15) is 0 Å². The van der Waals surface area contributed by atoms with E-state index in [4.69, 9.17) is 0 Å². The molecular formula is C71H65BN2. The Morgan fingerprint density at radius 2 is 1.14 bits per heavy atom. The molecule has 0 saturated heterocycles. The largest absolute Gasteiger partial charge is 0.376 e. The summed E-state index contributed by atoms with van der Waals surface area (Å²) in [6.07, 6.45) is 16.7. The van der Waals surface area contributed by atoms with Crippen molar-refractivity contribution in [2.45, 2.75) is 114 Å². The van der Waals surface area contributed by atoms with E-state index in [2.05, 4.69) is 194 Å². The van der Waals surface area contributed by atoms with E-state index in [1.54, 1.807) is 11.1 Å². The normalized spacial score (nSPS) is 26.9. The van der Waals surface area contributed by atoms with Gasteiger partial charge in [0.15, 0.2) is 0 Å². The molecule has 1 aromatic heterocycles. The van der Waals surface area contributed by atoms with Crippen molar-refractivity contribution in [2.24, 2.45) is 29.6 Å². The van der Waals surface area contributed by atoms with Gasteiger partial charge in [-0.1, -0.05) is 149 Å². The average Bonchev–Trinajstić information content (AvgIpc) is 4.07. The lowest BCUT2D eigenvalue weighted by Gasteiger charge is -2.57. The Hall–Kier alpha value is -6.58. The van der Waals surface area contributed by atoms with Crippen LogP contribution in [0.15, 0.2) is 164 Å². The van der Waals surface area contributed by atoms with Crippen LogP contribution in [0.3, 0.4) is 0 Å². The number of aromatic nitrogens is 1. The Labute approximate surface area is 438 Å². The summed E-state index contributed by atoms with van der Waals surface area (Å²) in [7, 11) is 0. The SMILES string of the molecule is CCC1(c2ccc3c(c2)c2cc(C45CC6CC(CC(C6)C4)C5)cc4c2n3-c2cc3c(c5c2B4N(c2ccc(-c4ccccc4)cc2)c2ccc(-c4ccccc4)cc2-5)C(C)(C)c2ccccc2-3)CC2CCC(C2)C1. The topological polar surface area (TPSA) is 8.17 Å². The van der Waals surface area contributed by atoms with Gasteiger partial charge in [-0.2, -0.15) is 0 Å². The van der Waals surface area contributed by atoms with Crippen LogP contribution in [0.1, 0.15) is 120 Å². The number of anilines is 2. The van der Waals surface area contributed by atoms with Crippen LogP contribution in [0.5, 0.6) is 0 Å². The monoisotopic (exact) mass is 957 g/mol. The molecule has 362 valence electrons. The second kappa shape index (κ2) is 15.1. The first kappa shape index (κ1) is 42.7. The molecule has 0 amide bonds. The van der Waals surface area contributed by atoms with Crippen LogP contribution in [0.2, 0.25) is 0 Å². The molecule has 0 spiro atoms. The van der Waals surface area contributed by atoms with Crippen LogP contribution in [0.25, 0.3) is 72.0 Å². The van der Waals surface area contributed by atoms with Crippen LogP contribution >= 0.6 is 0 Å². The molecule has 9 aromatic rings. The second-order valence-electron chi connectivity index (χ2n) is 25.9. The number of hydrogen-bond acceptors (Lipinski definition) is 1. The van der Waals surface area contributed by atoms with Crippen molar-refractivity contribution in [1.82, 2.24) is 4.57 Å². The lowest BCUT2D eigenvalue weighted by Crippen LogP contribution is -2.61. The van der Waals surface area contributed by atoms with E-state index >= 15 is 0 Å². The predicted octanol–water partition coefficient (Wildman–Crippen LogP) is 17.0. The van der Waals surface area contributed by atoms with Gasteiger partial charge in [0.05, 0.1) is 11.0 Å². The van der Waals surface area contributed by atoms with E-state index in [0.29, 0.717) is 0 Å². The molecule has 0 N–H and O–H groups in total. The third-order valence-corrected chi connectivity index (χ3v) is 21.7. The smallest absolute Gasteiger partial charge is 0.333 e. The van der Waals surface area contributed by atoms with Crippen molar-refractivity contribution in [2.75, 3.05) is 4.81 Å². The van der Waals surface area contributed by atoms with Gasteiger partial charge < -0.3 is 9.38 Å². The quantitative estimate of drug-likeness (QED) is 0.151. The van der Waals surface area contributed by atoms with Gasteiger partial charge in [0.2, 0.25) is 0 Å². The summed E-state index contributed by atoms with van der Waals surface area (Å²) < 4.78 is 2.81. The maximum atomic E-state index is 2.83. The fourth-order valence-corrected chi connectivity index (χ4v) is 18.9. The fraction of sp³-hybridized carbons (Fsp3) is 0.324. The van der Waals surface area contributed by atoms with Crippen molar-refractivity contribution in [3.05, 3.63) is 186 Å². The standard InChI is InChI=1S/C71H65BN2/c1-4-70(38-43-19-20-44(29-43)39-70)52-24-28-62-56(34-52)58-35-53(71-40-45-30-46(41-71)32-47(31-45)42-71)36-61-68(58)73(62)64-37-57-55-17-11-12-18-60(55)69(2,3)66(57)65-59-33-51(49-15-9-6-10-16-49)23-27-63(59)74(72(61)67(64)65)54-25-21-50(22-26-54)48-13-7-5-8-14-48/h5-18,21-28,33-37,43-47H,4,19-20,29-32,38-42H2,1-3H3. The molecule has 7 aliphatic carbocycles. The Bertz CT molecular complexity index is 3790. The molecule has 6 saturated carbocycles. The van der Waals surface area contributed by atoms with E-state index in [0.717, 1.165) is 29.6 Å². The molecule has 0 radical (unpaired) electrons. The first-order valence-corrected chi connectivity index (χ1v) is 28.8. The lowest BCUT2D eigenvalue weighted by molar-refractivity contribution is -0.00509. The van der Waals surface area contributed by atoms with Crippen molar-refractivity contribution in [3.63, 3.8) is 0 Å². The average molecular weight is 957 g/mol. The Kier molecular flexibility index (Phi) is 8.70. The summed E-state index contributed by atoms with van der Waals surface area (Å²) in [6, 6.07) is 64.9. The minimum absolute atomic E-state index is 0.0361. The minimum atomic E-state index is -0.210. The fourth-order valence-electron chi connectivity index (χ4n) is 18.9. The van der Waals surface area contributed by atoms with Crippen LogP contribution in [-0.4, -0.2) is 11.4 Å². The number of nitrogens with zero attached hydrogens (tertiary/aromatic N) is 2. The molecule has 74 heavy (non-hydrogen) atoms. The number of hydrogen-bond donors (Lipinski definition) is 0. The first-order chi connectivity index (χ1) is 36.2. The summed E-state index contributed by atoms with van der Waals surface area (Å²) in [4.78, 5) is 2.81. The van der Waals surface area contributed by atoms with E-state index < -0.39 is 0 Å². The van der Waals surface area contributed by atoms with Gasteiger partial charge in [-0.15, -0.1) is 0 Å². The van der Waals surface area contributed by atoms with Crippen molar-refractivity contribution in [3.8, 4) is 50.2 Å². The molecule has 2 unspecified atom stereocenters. The number of benzene rings is 8. The molecule has 8 aromatic carbocycles. The summed E-state index contributed by atoms with van der Waals surface area (Å²) in [5.41, 5.74) is 26.8. The van der Waals surface area contributed by atoms with E-state index in [1.165, 1.54) is 182 Å². The maximum absolute atomic E-state index is 2.83. The molecule has 2 atom stereocenters. The summed E-state index contributed by atoms with van der Waals surface area (Å²) in [6.45, 7) is 7.50. The summed E-state index contributed by atoms with van der Waals surface area (Å²) in [5.74, 6) is 4.35. The highest BCUT2D eigenvalue weighted by molar-refractivity contribution is 6.93. The molecule has 3 heteroatoms. The Morgan fingerprint density at radius 1 is 0.514 bits per heavy atom. The highest BCUT2D eigenvalue weighted by atomic mass is 15.1. The first-order valence-electron chi connectivity index (χ1n) is 28.8. The zero-order valence-electron chi connectivity index (χ0n) is 43.4. The molecule has 6 fully saturated rings. The molecule has 2 aliphatic heterocycles. The number of rotatable bonds is 6. The zero-order valence-corrected chi connectivity index (χ0v) is 43.4. The molecule has 6 bridgehead atoms. The lowest BCUT2D eigenvalue weighted by atomic mass is 9.42. The zero-order chi connectivity index (χ0) is 48.8. The molecule has 3 heterocycles. The number of fused-ring (bicyclic) bond motifs is 13. The van der Waals surface area contributed by atoms with E-state index in [-0.39, 0.29) is 23.1 Å². The predicted molar refractivity (Wildman–Crippen MR) is 310 cm³/mol. The van der Waals surface area contributed by atoms with Gasteiger partial charge in [0.25, 0.3) is 0 Å². The third-order valence-electron chi connectivity index (χ3n) is 21.7. The Morgan fingerprint density at radius 3 is 1.84 bits per heavy atom. The summed E-state index contributed by atoms with van der Waals surface area (Å²) in [5, 5.41) is 2.97. The van der Waals surface area contributed by atoms with Gasteiger partial charge in [0, 0.05) is 38.8 Å². The maximum Gasteiger partial charge on any atom is 0.333 e. The van der Waals surface area contributed by atoms with Crippen LogP contribution < -0.4 is 15.7 Å².